The van der Waals surface area contributed by atoms with Crippen molar-refractivity contribution in [2.75, 3.05) is 5.32 Å². The lowest BCUT2D eigenvalue weighted by Gasteiger charge is -2.15. The van der Waals surface area contributed by atoms with Crippen LogP contribution in [0.5, 0.6) is 0 Å². The summed E-state index contributed by atoms with van der Waals surface area (Å²) in [4.78, 5) is 4.23. The molecule has 2 heterocycles. The van der Waals surface area contributed by atoms with Crippen molar-refractivity contribution in [2.24, 2.45) is 0 Å². The Hall–Kier alpha value is -3.29. The molecule has 0 saturated carbocycles. The Morgan fingerprint density at radius 3 is 2.54 bits per heavy atom. The summed E-state index contributed by atoms with van der Waals surface area (Å²) < 4.78 is 48.0. The van der Waals surface area contributed by atoms with Gasteiger partial charge in [-0.05, 0) is 49.7 Å². The molecule has 28 heavy (non-hydrogen) atoms. The van der Waals surface area contributed by atoms with Gasteiger partial charge < -0.3 is 9.73 Å². The van der Waals surface area contributed by atoms with Gasteiger partial charge in [0.1, 0.15) is 5.52 Å². The van der Waals surface area contributed by atoms with Crippen molar-refractivity contribution in [3.05, 3.63) is 71.0 Å². The van der Waals surface area contributed by atoms with Crippen LogP contribution in [0.15, 0.2) is 52.9 Å². The van der Waals surface area contributed by atoms with Crippen LogP contribution in [-0.4, -0.2) is 14.8 Å². The fourth-order valence-electron chi connectivity index (χ4n) is 3.12. The highest BCUT2D eigenvalue weighted by molar-refractivity contribution is 5.74. The van der Waals surface area contributed by atoms with Gasteiger partial charge in [0.05, 0.1) is 16.9 Å². The topological polar surface area (TPSA) is 55.9 Å². The minimum absolute atomic E-state index is 0.0704. The lowest BCUT2D eigenvalue weighted by atomic mass is 10.1. The molecule has 0 bridgehead atoms. The molecule has 0 radical (unpaired) electrons. The Kier molecular flexibility index (Phi) is 4.33. The van der Waals surface area contributed by atoms with E-state index in [1.165, 1.54) is 10.7 Å². The van der Waals surface area contributed by atoms with Gasteiger partial charge in [-0.3, -0.25) is 0 Å². The summed E-state index contributed by atoms with van der Waals surface area (Å²) in [5.41, 5.74) is 2.46. The first-order valence-corrected chi connectivity index (χ1v) is 8.64. The summed E-state index contributed by atoms with van der Waals surface area (Å²) in [6.45, 7) is 3.53. The summed E-state index contributed by atoms with van der Waals surface area (Å²) in [6, 6.07) is 13.3. The van der Waals surface area contributed by atoms with E-state index in [0.717, 1.165) is 17.5 Å². The number of anilines is 1. The molecular weight excluding hydrogens is 369 g/mol. The van der Waals surface area contributed by atoms with Gasteiger partial charge in [-0.15, -0.1) is 0 Å². The quantitative estimate of drug-likeness (QED) is 0.520. The van der Waals surface area contributed by atoms with Crippen molar-refractivity contribution in [1.29, 1.82) is 0 Å². The van der Waals surface area contributed by atoms with Gasteiger partial charge in [-0.2, -0.15) is 23.3 Å². The number of rotatable bonds is 4. The summed E-state index contributed by atoms with van der Waals surface area (Å²) in [7, 11) is 0. The zero-order valence-electron chi connectivity index (χ0n) is 15.2. The van der Waals surface area contributed by atoms with Crippen LogP contribution >= 0.6 is 0 Å². The molecule has 8 heteroatoms. The van der Waals surface area contributed by atoms with Crippen LogP contribution in [0.2, 0.25) is 0 Å². The van der Waals surface area contributed by atoms with Crippen molar-refractivity contribution in [1.82, 2.24) is 14.8 Å². The predicted molar refractivity (Wildman–Crippen MR) is 99.4 cm³/mol. The van der Waals surface area contributed by atoms with Gasteiger partial charge in [-0.1, -0.05) is 18.2 Å². The summed E-state index contributed by atoms with van der Waals surface area (Å²) >= 11 is 0. The van der Waals surface area contributed by atoms with E-state index in [2.05, 4.69) is 15.4 Å². The van der Waals surface area contributed by atoms with E-state index in [1.807, 2.05) is 12.1 Å². The Morgan fingerprint density at radius 1 is 1.07 bits per heavy atom. The van der Waals surface area contributed by atoms with Crippen LogP contribution in [0.1, 0.15) is 22.5 Å². The first-order chi connectivity index (χ1) is 13.3. The fourth-order valence-corrected chi connectivity index (χ4v) is 3.12. The maximum Gasteiger partial charge on any atom is 0.416 e. The van der Waals surface area contributed by atoms with Crippen molar-refractivity contribution in [3.8, 4) is 5.69 Å². The first kappa shape index (κ1) is 18.1. The number of nitrogens with zero attached hydrogens (tertiary/aromatic N) is 3. The summed E-state index contributed by atoms with van der Waals surface area (Å²) in [5, 5.41) is 7.10. The summed E-state index contributed by atoms with van der Waals surface area (Å²) in [5.74, 6) is 0. The Balaban J connectivity index is 1.65. The molecule has 0 aliphatic carbocycles. The largest absolute Gasteiger partial charge is 0.424 e. The lowest BCUT2D eigenvalue weighted by Crippen LogP contribution is -2.13. The molecule has 0 fully saturated rings. The Morgan fingerprint density at radius 2 is 1.86 bits per heavy atom. The molecule has 0 unspecified atom stereocenters. The molecule has 1 N–H and O–H groups in total. The molecule has 4 rings (SSSR count). The van der Waals surface area contributed by atoms with Crippen LogP contribution in [0.4, 0.5) is 19.2 Å². The maximum absolute atomic E-state index is 13.6. The second kappa shape index (κ2) is 6.70. The number of halogens is 3. The van der Waals surface area contributed by atoms with Crippen LogP contribution in [0, 0.1) is 13.8 Å². The van der Waals surface area contributed by atoms with Gasteiger partial charge in [0.15, 0.2) is 5.58 Å². The molecule has 2 aromatic carbocycles. The number of aromatic nitrogens is 3. The normalized spacial score (nSPS) is 11.9. The first-order valence-electron chi connectivity index (χ1n) is 8.64. The fraction of sp³-hybridized carbons (Fsp3) is 0.200. The van der Waals surface area contributed by atoms with E-state index in [4.69, 9.17) is 4.42 Å². The molecule has 0 aliphatic rings. The molecule has 144 valence electrons. The van der Waals surface area contributed by atoms with E-state index in [0.29, 0.717) is 16.8 Å². The smallest absolute Gasteiger partial charge is 0.416 e. The van der Waals surface area contributed by atoms with Crippen LogP contribution < -0.4 is 5.32 Å². The highest BCUT2D eigenvalue weighted by atomic mass is 19.4. The third kappa shape index (κ3) is 3.45. The van der Waals surface area contributed by atoms with Crippen LogP contribution in [-0.2, 0) is 12.7 Å². The Labute approximate surface area is 158 Å². The molecule has 4 aromatic rings. The average molecular weight is 386 g/mol. The third-order valence-corrected chi connectivity index (χ3v) is 4.38. The van der Waals surface area contributed by atoms with Crippen molar-refractivity contribution >= 4 is 17.1 Å². The van der Waals surface area contributed by atoms with Crippen molar-refractivity contribution in [3.63, 3.8) is 0 Å². The van der Waals surface area contributed by atoms with Crippen LogP contribution in [0.25, 0.3) is 16.8 Å². The highest BCUT2D eigenvalue weighted by Gasteiger charge is 2.34. The van der Waals surface area contributed by atoms with E-state index in [-0.39, 0.29) is 18.1 Å². The maximum atomic E-state index is 13.6. The second-order valence-corrected chi connectivity index (χ2v) is 6.52. The lowest BCUT2D eigenvalue weighted by molar-refractivity contribution is -0.138. The molecule has 0 atom stereocenters. The predicted octanol–water partition coefficient (Wildman–Crippen LogP) is 5.26. The minimum Gasteiger partial charge on any atom is -0.424 e. The number of nitrogens with one attached hydrogen (secondary N) is 1. The monoisotopic (exact) mass is 386 g/mol. The van der Waals surface area contributed by atoms with E-state index < -0.39 is 11.7 Å². The number of benzene rings is 2. The number of oxazole rings is 1. The Bertz CT molecular complexity index is 1110. The number of fused-ring (bicyclic) bond motifs is 1. The SMILES string of the molecule is Cc1cc(C)n(-c2ccc(CNc3nc4ccccc4o3)c(C(F)(F)F)c2)n1. The second-order valence-electron chi connectivity index (χ2n) is 6.52. The van der Waals surface area contributed by atoms with Crippen LogP contribution in [0.3, 0.4) is 0 Å². The summed E-state index contributed by atoms with van der Waals surface area (Å²) in [6.07, 6.45) is -4.50. The molecule has 0 saturated heterocycles. The number of hydrogen-bond donors (Lipinski definition) is 1. The molecule has 0 aliphatic heterocycles. The van der Waals surface area contributed by atoms with Gasteiger partial charge in [0.25, 0.3) is 6.01 Å². The van der Waals surface area contributed by atoms with Gasteiger partial charge in [-0.25, -0.2) is 4.68 Å². The molecule has 2 aromatic heterocycles. The highest BCUT2D eigenvalue weighted by Crippen LogP contribution is 2.34. The minimum atomic E-state index is -4.50. The van der Waals surface area contributed by atoms with Crippen molar-refractivity contribution in [2.45, 2.75) is 26.6 Å². The number of alkyl halides is 3. The average Bonchev–Trinajstić information content (AvgIpc) is 3.21. The van der Waals surface area contributed by atoms with E-state index in [1.54, 1.807) is 38.1 Å². The molecule has 0 amide bonds. The standard InChI is InChI=1S/C20H17F3N4O/c1-12-9-13(2)27(26-12)15-8-7-14(16(10-15)20(21,22)23)11-24-19-25-17-5-3-4-6-18(17)28-19/h3-10H,11H2,1-2H3,(H,24,25). The molecule has 5 nitrogen and oxygen atoms in total. The van der Waals surface area contributed by atoms with E-state index >= 15 is 0 Å². The van der Waals surface area contributed by atoms with Crippen molar-refractivity contribution < 1.29 is 17.6 Å². The number of aryl methyl sites for hydroxylation is 2. The molecular formula is C20H17F3N4O. The molecule has 0 spiro atoms. The van der Waals surface area contributed by atoms with Gasteiger partial charge in [0.2, 0.25) is 0 Å². The zero-order chi connectivity index (χ0) is 19.9. The van der Waals surface area contributed by atoms with Gasteiger partial charge in [0, 0.05) is 12.2 Å². The third-order valence-electron chi connectivity index (χ3n) is 4.38. The van der Waals surface area contributed by atoms with E-state index in [9.17, 15) is 13.2 Å². The van der Waals surface area contributed by atoms with Gasteiger partial charge >= 0.3 is 6.18 Å². The zero-order valence-corrected chi connectivity index (χ0v) is 15.2. The number of hydrogen-bond acceptors (Lipinski definition) is 4. The number of para-hydroxylation sites is 2.